The summed E-state index contributed by atoms with van der Waals surface area (Å²) in [6.07, 6.45) is 0. The molecule has 1 fully saturated rings. The Morgan fingerprint density at radius 1 is 1.04 bits per heavy atom. The molecule has 3 rings (SSSR count). The van der Waals surface area contributed by atoms with Gasteiger partial charge in [-0.15, -0.1) is 0 Å². The molecule has 1 heterocycles. The molecule has 5 heteroatoms. The zero-order chi connectivity index (χ0) is 18.7. The van der Waals surface area contributed by atoms with Gasteiger partial charge in [0.2, 0.25) is 0 Å². The van der Waals surface area contributed by atoms with E-state index in [2.05, 4.69) is 23.6 Å². The van der Waals surface area contributed by atoms with Crippen molar-refractivity contribution in [3.05, 3.63) is 65.5 Å². The van der Waals surface area contributed by atoms with E-state index in [-0.39, 0.29) is 11.6 Å². The SMILES string of the molecule is C[C@@H]1CN(c2ccc(F)cc2)C[C@H](C)N1Cc1ccc(C(=O)CO)cc1. The summed E-state index contributed by atoms with van der Waals surface area (Å²) in [6.45, 7) is 6.53. The van der Waals surface area contributed by atoms with E-state index in [0.717, 1.165) is 30.9 Å². The van der Waals surface area contributed by atoms with Crippen LogP contribution in [0.3, 0.4) is 0 Å². The number of aliphatic hydroxyl groups excluding tert-OH is 1. The van der Waals surface area contributed by atoms with Gasteiger partial charge < -0.3 is 10.0 Å². The molecular weight excluding hydrogens is 331 g/mol. The number of hydrogen-bond acceptors (Lipinski definition) is 4. The molecule has 0 spiro atoms. The summed E-state index contributed by atoms with van der Waals surface area (Å²) in [5.74, 6) is -0.470. The van der Waals surface area contributed by atoms with Crippen LogP contribution in [0, 0.1) is 5.82 Å². The Morgan fingerprint density at radius 3 is 2.15 bits per heavy atom. The number of benzene rings is 2. The molecule has 0 aliphatic carbocycles. The highest BCUT2D eigenvalue weighted by Crippen LogP contribution is 2.24. The van der Waals surface area contributed by atoms with E-state index in [4.69, 9.17) is 5.11 Å². The molecule has 1 aliphatic heterocycles. The minimum absolute atomic E-state index is 0.211. The van der Waals surface area contributed by atoms with Crippen LogP contribution in [0.5, 0.6) is 0 Å². The summed E-state index contributed by atoms with van der Waals surface area (Å²) < 4.78 is 13.2. The van der Waals surface area contributed by atoms with Gasteiger partial charge in [0.1, 0.15) is 12.4 Å². The molecule has 1 aliphatic rings. The van der Waals surface area contributed by atoms with E-state index in [9.17, 15) is 9.18 Å². The molecule has 1 saturated heterocycles. The van der Waals surface area contributed by atoms with Gasteiger partial charge in [-0.2, -0.15) is 0 Å². The van der Waals surface area contributed by atoms with Gasteiger partial charge in [-0.05, 0) is 43.7 Å². The van der Waals surface area contributed by atoms with Crippen molar-refractivity contribution in [1.29, 1.82) is 0 Å². The lowest BCUT2D eigenvalue weighted by Gasteiger charge is -2.45. The van der Waals surface area contributed by atoms with Gasteiger partial charge in [0, 0.05) is 43.0 Å². The molecule has 0 saturated carbocycles. The van der Waals surface area contributed by atoms with E-state index in [1.165, 1.54) is 12.1 Å². The Morgan fingerprint density at radius 2 is 1.62 bits per heavy atom. The first-order valence-electron chi connectivity index (χ1n) is 8.97. The molecule has 2 aromatic rings. The van der Waals surface area contributed by atoms with Crippen LogP contribution in [0.25, 0.3) is 0 Å². The van der Waals surface area contributed by atoms with Crippen LogP contribution in [0.1, 0.15) is 29.8 Å². The quantitative estimate of drug-likeness (QED) is 0.836. The Bertz CT molecular complexity index is 734. The third-order valence-corrected chi connectivity index (χ3v) is 5.08. The van der Waals surface area contributed by atoms with E-state index in [0.29, 0.717) is 17.6 Å². The lowest BCUT2D eigenvalue weighted by Crippen LogP contribution is -2.56. The molecule has 26 heavy (non-hydrogen) atoms. The minimum atomic E-state index is -0.460. The molecule has 0 bridgehead atoms. The Balaban J connectivity index is 1.66. The largest absolute Gasteiger partial charge is 0.388 e. The fourth-order valence-corrected chi connectivity index (χ4v) is 3.63. The van der Waals surface area contributed by atoms with Crippen molar-refractivity contribution in [2.24, 2.45) is 0 Å². The fourth-order valence-electron chi connectivity index (χ4n) is 3.63. The van der Waals surface area contributed by atoms with Crippen LogP contribution >= 0.6 is 0 Å². The summed E-state index contributed by atoms with van der Waals surface area (Å²) in [5.41, 5.74) is 2.74. The maximum atomic E-state index is 13.2. The van der Waals surface area contributed by atoms with Gasteiger partial charge in [0.05, 0.1) is 0 Å². The van der Waals surface area contributed by atoms with Crippen molar-refractivity contribution < 1.29 is 14.3 Å². The van der Waals surface area contributed by atoms with Crippen LogP contribution in [-0.2, 0) is 6.54 Å². The van der Waals surface area contributed by atoms with Gasteiger partial charge in [0.15, 0.2) is 5.78 Å². The van der Waals surface area contributed by atoms with Crippen molar-refractivity contribution in [1.82, 2.24) is 4.90 Å². The normalized spacial score (nSPS) is 21.0. The molecule has 0 unspecified atom stereocenters. The Labute approximate surface area is 153 Å². The molecule has 4 nitrogen and oxygen atoms in total. The van der Waals surface area contributed by atoms with Gasteiger partial charge in [-0.1, -0.05) is 24.3 Å². The number of nitrogens with zero attached hydrogens (tertiary/aromatic N) is 2. The van der Waals surface area contributed by atoms with Crippen LogP contribution in [0.15, 0.2) is 48.5 Å². The van der Waals surface area contributed by atoms with Crippen LogP contribution in [-0.4, -0.2) is 47.6 Å². The van der Waals surface area contributed by atoms with Crippen LogP contribution in [0.4, 0.5) is 10.1 Å². The van der Waals surface area contributed by atoms with Crippen molar-refractivity contribution in [3.63, 3.8) is 0 Å². The molecule has 2 aromatic carbocycles. The van der Waals surface area contributed by atoms with E-state index in [1.807, 2.05) is 24.3 Å². The van der Waals surface area contributed by atoms with Gasteiger partial charge >= 0.3 is 0 Å². The summed E-state index contributed by atoms with van der Waals surface area (Å²) in [4.78, 5) is 16.3. The number of carbonyl (C=O) groups excluding carboxylic acids is 1. The lowest BCUT2D eigenvalue weighted by molar-refractivity contribution is 0.0903. The summed E-state index contributed by atoms with van der Waals surface area (Å²) in [5, 5.41) is 8.94. The summed E-state index contributed by atoms with van der Waals surface area (Å²) >= 11 is 0. The Hall–Kier alpha value is -2.24. The number of carbonyl (C=O) groups is 1. The molecule has 0 aromatic heterocycles. The second-order valence-corrected chi connectivity index (χ2v) is 7.03. The lowest BCUT2D eigenvalue weighted by atomic mass is 10.0. The zero-order valence-electron chi connectivity index (χ0n) is 15.2. The average molecular weight is 356 g/mol. The number of halogens is 1. The molecular formula is C21H25FN2O2. The zero-order valence-corrected chi connectivity index (χ0v) is 15.2. The molecule has 1 N–H and O–H groups in total. The second-order valence-electron chi connectivity index (χ2n) is 7.03. The monoisotopic (exact) mass is 356 g/mol. The first-order chi connectivity index (χ1) is 12.5. The van der Waals surface area contributed by atoms with Gasteiger partial charge in [0.25, 0.3) is 0 Å². The highest BCUT2D eigenvalue weighted by molar-refractivity contribution is 5.96. The van der Waals surface area contributed by atoms with Crippen molar-refractivity contribution in [2.45, 2.75) is 32.5 Å². The van der Waals surface area contributed by atoms with Gasteiger partial charge in [-0.3, -0.25) is 9.69 Å². The number of aliphatic hydroxyl groups is 1. The predicted molar refractivity (Wildman–Crippen MR) is 101 cm³/mol. The smallest absolute Gasteiger partial charge is 0.188 e. The summed E-state index contributed by atoms with van der Waals surface area (Å²) in [6, 6.07) is 14.8. The topological polar surface area (TPSA) is 43.8 Å². The highest BCUT2D eigenvalue weighted by Gasteiger charge is 2.29. The number of anilines is 1. The second kappa shape index (κ2) is 7.98. The number of rotatable bonds is 5. The van der Waals surface area contributed by atoms with Crippen LogP contribution in [0.2, 0.25) is 0 Å². The van der Waals surface area contributed by atoms with E-state index >= 15 is 0 Å². The number of hydrogen-bond donors (Lipinski definition) is 1. The Kier molecular flexibility index (Phi) is 5.69. The van der Waals surface area contributed by atoms with E-state index < -0.39 is 6.61 Å². The molecule has 0 amide bonds. The van der Waals surface area contributed by atoms with E-state index in [1.54, 1.807) is 12.1 Å². The fraction of sp³-hybridized carbons (Fsp3) is 0.381. The third-order valence-electron chi connectivity index (χ3n) is 5.08. The number of ketones is 1. The van der Waals surface area contributed by atoms with Gasteiger partial charge in [-0.25, -0.2) is 4.39 Å². The van der Waals surface area contributed by atoms with Crippen molar-refractivity contribution in [2.75, 3.05) is 24.6 Å². The first-order valence-corrected chi connectivity index (χ1v) is 8.97. The van der Waals surface area contributed by atoms with Crippen molar-refractivity contribution >= 4 is 11.5 Å². The minimum Gasteiger partial charge on any atom is -0.388 e. The predicted octanol–water partition coefficient (Wildman–Crippen LogP) is 3.10. The molecule has 138 valence electrons. The molecule has 2 atom stereocenters. The average Bonchev–Trinajstić information content (AvgIpc) is 2.65. The standard InChI is InChI=1S/C21H25FN2O2/c1-15-11-23(20-9-7-19(22)8-10-20)12-16(2)24(15)13-17-3-5-18(6-4-17)21(26)14-25/h3-10,15-16,25H,11-14H2,1-2H3/t15-,16+. The van der Waals surface area contributed by atoms with Crippen molar-refractivity contribution in [3.8, 4) is 0 Å². The maximum Gasteiger partial charge on any atom is 0.188 e. The maximum absolute atomic E-state index is 13.2. The highest BCUT2D eigenvalue weighted by atomic mass is 19.1. The third kappa shape index (κ3) is 4.11. The van der Waals surface area contributed by atoms with Crippen LogP contribution < -0.4 is 4.90 Å². The molecule has 0 radical (unpaired) electrons. The number of Topliss-reactive ketones (excluding diaryl/α,β-unsaturated/α-hetero) is 1. The number of piperazine rings is 1. The first kappa shape index (κ1) is 18.5. The summed E-state index contributed by atoms with van der Waals surface area (Å²) in [7, 11) is 0.